The van der Waals surface area contributed by atoms with E-state index in [-0.39, 0.29) is 10.8 Å². The fraction of sp³-hybridized carbons (Fsp3) is 0.500. The molecule has 0 aromatic heterocycles. The van der Waals surface area contributed by atoms with Crippen molar-refractivity contribution in [3.05, 3.63) is 29.8 Å². The molecular weight excluding hydrogens is 295 g/mol. The third kappa shape index (κ3) is 4.19. The van der Waals surface area contributed by atoms with E-state index in [0.717, 1.165) is 12.1 Å². The van der Waals surface area contributed by atoms with Crippen molar-refractivity contribution in [3.63, 3.8) is 0 Å². The summed E-state index contributed by atoms with van der Waals surface area (Å²) < 4.78 is 63.4. The van der Waals surface area contributed by atoms with Crippen LogP contribution in [0.25, 0.3) is 0 Å². The number of benzene rings is 1. The number of aliphatic hydroxyl groups excluding tert-OH is 1. The summed E-state index contributed by atoms with van der Waals surface area (Å²) >= 11 is 0. The number of hydrogen-bond donors (Lipinski definition) is 2. The number of alkyl halides is 3. The number of hydrogen-bond acceptors (Lipinski definition) is 3. The summed E-state index contributed by atoms with van der Waals surface area (Å²) in [5.74, 6) is -0.149. The van der Waals surface area contributed by atoms with Gasteiger partial charge in [0.15, 0.2) is 0 Å². The van der Waals surface area contributed by atoms with E-state index in [4.69, 9.17) is 5.11 Å². The molecule has 114 valence electrons. The van der Waals surface area contributed by atoms with Crippen molar-refractivity contribution in [2.24, 2.45) is 5.92 Å². The SMILES string of the molecule is CC(C)[C@@H](CO)NS(=O)(=O)c1ccc(C(F)(F)F)cc1. The van der Waals surface area contributed by atoms with Crippen LogP contribution in [-0.2, 0) is 16.2 Å². The molecule has 0 spiro atoms. The van der Waals surface area contributed by atoms with Gasteiger partial charge in [-0.15, -0.1) is 0 Å². The van der Waals surface area contributed by atoms with E-state index in [1.165, 1.54) is 0 Å². The summed E-state index contributed by atoms with van der Waals surface area (Å²) in [6.07, 6.45) is -4.51. The highest BCUT2D eigenvalue weighted by Gasteiger charge is 2.31. The molecule has 0 aliphatic carbocycles. The normalized spacial score (nSPS) is 14.6. The van der Waals surface area contributed by atoms with E-state index in [2.05, 4.69) is 4.72 Å². The summed E-state index contributed by atoms with van der Waals surface area (Å²) in [5, 5.41) is 9.08. The second-order valence-corrected chi connectivity index (χ2v) is 6.39. The molecule has 0 fully saturated rings. The van der Waals surface area contributed by atoms with Crippen molar-refractivity contribution >= 4 is 10.0 Å². The molecule has 0 aliphatic rings. The van der Waals surface area contributed by atoms with Gasteiger partial charge in [-0.1, -0.05) is 13.8 Å². The smallest absolute Gasteiger partial charge is 0.395 e. The Bertz CT molecular complexity index is 538. The zero-order chi connectivity index (χ0) is 15.6. The Kier molecular flexibility index (Phi) is 5.17. The summed E-state index contributed by atoms with van der Waals surface area (Å²) in [7, 11) is -3.96. The first kappa shape index (κ1) is 16.9. The van der Waals surface area contributed by atoms with Crippen molar-refractivity contribution in [1.82, 2.24) is 4.72 Å². The largest absolute Gasteiger partial charge is 0.416 e. The monoisotopic (exact) mass is 311 g/mol. The molecule has 0 saturated carbocycles. The fourth-order valence-electron chi connectivity index (χ4n) is 1.47. The molecule has 8 heteroatoms. The molecule has 1 rings (SSSR count). The van der Waals surface area contributed by atoms with Crippen molar-refractivity contribution < 1.29 is 26.7 Å². The molecule has 0 unspecified atom stereocenters. The van der Waals surface area contributed by atoms with Crippen LogP contribution in [0, 0.1) is 5.92 Å². The third-order valence-electron chi connectivity index (χ3n) is 2.80. The van der Waals surface area contributed by atoms with Crippen LogP contribution in [-0.4, -0.2) is 26.2 Å². The molecule has 0 bridgehead atoms. The maximum atomic E-state index is 12.4. The van der Waals surface area contributed by atoms with Gasteiger partial charge in [-0.2, -0.15) is 13.2 Å². The molecule has 0 amide bonds. The summed E-state index contributed by atoms with van der Waals surface area (Å²) in [6, 6.07) is 2.50. The molecule has 0 heterocycles. The molecule has 2 N–H and O–H groups in total. The van der Waals surface area contributed by atoms with E-state index < -0.39 is 34.4 Å². The maximum Gasteiger partial charge on any atom is 0.416 e. The van der Waals surface area contributed by atoms with Gasteiger partial charge in [0.2, 0.25) is 10.0 Å². The maximum absolute atomic E-state index is 12.4. The quantitative estimate of drug-likeness (QED) is 0.874. The second kappa shape index (κ2) is 6.11. The van der Waals surface area contributed by atoms with E-state index in [0.29, 0.717) is 12.1 Å². The zero-order valence-electron chi connectivity index (χ0n) is 11.0. The standard InChI is InChI=1S/C12H16F3NO3S/c1-8(2)11(7-17)16-20(18,19)10-5-3-9(4-6-10)12(13,14)15/h3-6,8,11,16-17H,7H2,1-2H3/t11-/m1/s1. The minimum Gasteiger partial charge on any atom is -0.395 e. The highest BCUT2D eigenvalue weighted by atomic mass is 32.2. The summed E-state index contributed by atoms with van der Waals surface area (Å²) in [4.78, 5) is -0.274. The van der Waals surface area contributed by atoms with Gasteiger partial charge in [0.05, 0.1) is 17.1 Å². The van der Waals surface area contributed by atoms with Crippen LogP contribution < -0.4 is 4.72 Å². The number of halogens is 3. The molecule has 20 heavy (non-hydrogen) atoms. The lowest BCUT2D eigenvalue weighted by molar-refractivity contribution is -0.137. The van der Waals surface area contributed by atoms with Gasteiger partial charge in [-0.05, 0) is 30.2 Å². The Morgan fingerprint density at radius 3 is 2.05 bits per heavy atom. The van der Waals surface area contributed by atoms with E-state index >= 15 is 0 Å². The van der Waals surface area contributed by atoms with Crippen molar-refractivity contribution in [3.8, 4) is 0 Å². The lowest BCUT2D eigenvalue weighted by Gasteiger charge is -2.20. The van der Waals surface area contributed by atoms with Crippen molar-refractivity contribution in [1.29, 1.82) is 0 Å². The van der Waals surface area contributed by atoms with Crippen molar-refractivity contribution in [2.75, 3.05) is 6.61 Å². The van der Waals surface area contributed by atoms with Gasteiger partial charge < -0.3 is 5.11 Å². The zero-order valence-corrected chi connectivity index (χ0v) is 11.8. The minimum absolute atomic E-state index is 0.149. The number of sulfonamides is 1. The molecule has 1 aromatic carbocycles. The molecule has 0 aliphatic heterocycles. The van der Waals surface area contributed by atoms with Gasteiger partial charge >= 0.3 is 6.18 Å². The highest BCUT2D eigenvalue weighted by molar-refractivity contribution is 7.89. The first-order valence-electron chi connectivity index (χ1n) is 5.88. The van der Waals surface area contributed by atoms with Crippen LogP contribution in [0.3, 0.4) is 0 Å². The predicted molar refractivity (Wildman–Crippen MR) is 67.5 cm³/mol. The van der Waals surface area contributed by atoms with Gasteiger partial charge in [0, 0.05) is 6.04 Å². The average molecular weight is 311 g/mol. The predicted octanol–water partition coefficient (Wildman–Crippen LogP) is 2.00. The Hall–Kier alpha value is -1.12. The van der Waals surface area contributed by atoms with Gasteiger partial charge in [-0.25, -0.2) is 13.1 Å². The number of aliphatic hydroxyl groups is 1. The van der Waals surface area contributed by atoms with Crippen LogP contribution in [0.2, 0.25) is 0 Å². The second-order valence-electron chi connectivity index (χ2n) is 4.68. The number of rotatable bonds is 5. The van der Waals surface area contributed by atoms with E-state index in [9.17, 15) is 21.6 Å². The lowest BCUT2D eigenvalue weighted by Crippen LogP contribution is -2.41. The molecule has 0 radical (unpaired) electrons. The fourth-order valence-corrected chi connectivity index (χ4v) is 2.85. The van der Waals surface area contributed by atoms with Gasteiger partial charge in [-0.3, -0.25) is 0 Å². The van der Waals surface area contributed by atoms with E-state index in [1.54, 1.807) is 13.8 Å². The van der Waals surface area contributed by atoms with Gasteiger partial charge in [0.1, 0.15) is 0 Å². The Morgan fingerprint density at radius 2 is 1.70 bits per heavy atom. The van der Waals surface area contributed by atoms with Crippen LogP contribution >= 0.6 is 0 Å². The minimum atomic E-state index is -4.51. The van der Waals surface area contributed by atoms with Crippen LogP contribution in [0.4, 0.5) is 13.2 Å². The van der Waals surface area contributed by atoms with E-state index in [1.807, 2.05) is 0 Å². The molecule has 4 nitrogen and oxygen atoms in total. The average Bonchev–Trinajstić information content (AvgIpc) is 2.35. The lowest BCUT2D eigenvalue weighted by atomic mass is 10.1. The Morgan fingerprint density at radius 1 is 1.20 bits per heavy atom. The molecule has 1 atom stereocenters. The van der Waals surface area contributed by atoms with Crippen molar-refractivity contribution in [2.45, 2.75) is 31.0 Å². The summed E-state index contributed by atoms with van der Waals surface area (Å²) in [6.45, 7) is 3.05. The van der Waals surface area contributed by atoms with Crippen LogP contribution in [0.5, 0.6) is 0 Å². The van der Waals surface area contributed by atoms with Gasteiger partial charge in [0.25, 0.3) is 0 Å². The third-order valence-corrected chi connectivity index (χ3v) is 4.31. The topological polar surface area (TPSA) is 66.4 Å². The van der Waals surface area contributed by atoms with Crippen LogP contribution in [0.1, 0.15) is 19.4 Å². The summed E-state index contributed by atoms with van der Waals surface area (Å²) in [5.41, 5.74) is -0.918. The Labute approximate surface area is 115 Å². The Balaban J connectivity index is 2.99. The molecule has 0 saturated heterocycles. The first-order chi connectivity index (χ1) is 9.08. The molecular formula is C12H16F3NO3S. The highest BCUT2D eigenvalue weighted by Crippen LogP contribution is 2.29. The number of nitrogens with one attached hydrogen (secondary N) is 1. The first-order valence-corrected chi connectivity index (χ1v) is 7.36. The van der Waals surface area contributed by atoms with Crippen LogP contribution in [0.15, 0.2) is 29.2 Å². The molecule has 1 aromatic rings.